The van der Waals surface area contributed by atoms with Crippen LogP contribution in [0.4, 0.5) is 5.95 Å². The summed E-state index contributed by atoms with van der Waals surface area (Å²) in [6.45, 7) is 7.98. The Hall–Kier alpha value is -1.40. The number of methoxy groups -OCH3 is 1. The third-order valence-electron chi connectivity index (χ3n) is 2.72. The number of ether oxygens (including phenoxy) is 2. The first-order valence-corrected chi connectivity index (χ1v) is 7.06. The maximum atomic E-state index is 5.57. The Kier molecular flexibility index (Phi) is 7.91. The second-order valence-corrected chi connectivity index (χ2v) is 4.66. The van der Waals surface area contributed by atoms with Crippen molar-refractivity contribution in [3.8, 4) is 5.88 Å². The van der Waals surface area contributed by atoms with Crippen molar-refractivity contribution < 1.29 is 9.47 Å². The fourth-order valence-corrected chi connectivity index (χ4v) is 1.62. The minimum Gasteiger partial charge on any atom is -0.478 e. The summed E-state index contributed by atoms with van der Waals surface area (Å²) in [5.41, 5.74) is 0.917. The van der Waals surface area contributed by atoms with E-state index >= 15 is 0 Å². The van der Waals surface area contributed by atoms with Gasteiger partial charge in [-0.3, -0.25) is 0 Å². The Morgan fingerprint density at radius 1 is 1.25 bits per heavy atom. The van der Waals surface area contributed by atoms with Gasteiger partial charge in [-0.1, -0.05) is 6.92 Å². The molecule has 0 saturated carbocycles. The van der Waals surface area contributed by atoms with E-state index in [9.17, 15) is 0 Å². The molecule has 6 nitrogen and oxygen atoms in total. The zero-order chi connectivity index (χ0) is 14.8. The maximum Gasteiger partial charge on any atom is 0.228 e. The molecule has 0 unspecified atom stereocenters. The van der Waals surface area contributed by atoms with Gasteiger partial charge >= 0.3 is 0 Å². The van der Waals surface area contributed by atoms with Crippen LogP contribution in [-0.2, 0) is 4.74 Å². The first-order chi connectivity index (χ1) is 9.67. The summed E-state index contributed by atoms with van der Waals surface area (Å²) < 4.78 is 10.6. The number of hydrogen-bond acceptors (Lipinski definition) is 6. The van der Waals surface area contributed by atoms with E-state index in [0.717, 1.165) is 38.4 Å². The predicted octanol–water partition coefficient (Wildman–Crippen LogP) is 1.25. The monoisotopic (exact) mass is 282 g/mol. The van der Waals surface area contributed by atoms with Crippen LogP contribution in [0, 0.1) is 6.92 Å². The van der Waals surface area contributed by atoms with Crippen LogP contribution in [0.25, 0.3) is 0 Å². The summed E-state index contributed by atoms with van der Waals surface area (Å²) in [5.74, 6) is 1.35. The summed E-state index contributed by atoms with van der Waals surface area (Å²) in [6, 6.07) is 1.86. The molecule has 20 heavy (non-hydrogen) atoms. The standard InChI is InChI=1S/C14H26N4O2/c1-5-9-20-13-11-12(2)16-14(17-13)18(3)8-6-15-7-10-19-4/h11,15H,5-10H2,1-4H3. The zero-order valence-corrected chi connectivity index (χ0v) is 13.0. The highest BCUT2D eigenvalue weighted by molar-refractivity contribution is 5.33. The van der Waals surface area contributed by atoms with E-state index in [1.54, 1.807) is 7.11 Å². The highest BCUT2D eigenvalue weighted by atomic mass is 16.5. The first kappa shape index (κ1) is 16.7. The van der Waals surface area contributed by atoms with E-state index in [0.29, 0.717) is 18.4 Å². The number of nitrogens with one attached hydrogen (secondary N) is 1. The molecule has 1 rings (SSSR count). The Morgan fingerprint density at radius 3 is 2.75 bits per heavy atom. The van der Waals surface area contributed by atoms with E-state index in [1.807, 2.05) is 24.9 Å². The summed E-state index contributed by atoms with van der Waals surface area (Å²) in [7, 11) is 3.68. The third kappa shape index (κ3) is 6.16. The van der Waals surface area contributed by atoms with Crippen molar-refractivity contribution in [2.45, 2.75) is 20.3 Å². The number of aromatic nitrogens is 2. The van der Waals surface area contributed by atoms with Gasteiger partial charge in [0.15, 0.2) is 0 Å². The Balaban J connectivity index is 2.49. The molecule has 0 radical (unpaired) electrons. The van der Waals surface area contributed by atoms with Crippen LogP contribution in [0.5, 0.6) is 5.88 Å². The van der Waals surface area contributed by atoms with Crippen molar-refractivity contribution >= 4 is 5.95 Å². The number of nitrogens with zero attached hydrogens (tertiary/aromatic N) is 3. The molecule has 0 saturated heterocycles. The molecule has 0 aliphatic rings. The molecule has 1 N–H and O–H groups in total. The molecule has 6 heteroatoms. The minimum atomic E-state index is 0.647. The second kappa shape index (κ2) is 9.50. The minimum absolute atomic E-state index is 0.647. The third-order valence-corrected chi connectivity index (χ3v) is 2.72. The number of rotatable bonds is 10. The van der Waals surface area contributed by atoms with E-state index in [1.165, 1.54) is 0 Å². The van der Waals surface area contributed by atoms with Gasteiger partial charge in [0, 0.05) is 45.6 Å². The van der Waals surface area contributed by atoms with Crippen LogP contribution in [0.15, 0.2) is 6.07 Å². The number of anilines is 1. The van der Waals surface area contributed by atoms with Crippen LogP contribution in [0.2, 0.25) is 0 Å². The van der Waals surface area contributed by atoms with Gasteiger partial charge in [-0.15, -0.1) is 0 Å². The summed E-state index contributed by atoms with van der Waals surface area (Å²) in [6.07, 6.45) is 0.970. The predicted molar refractivity (Wildman–Crippen MR) is 80.6 cm³/mol. The van der Waals surface area contributed by atoms with Gasteiger partial charge in [0.05, 0.1) is 13.2 Å². The van der Waals surface area contributed by atoms with Gasteiger partial charge in [-0.05, 0) is 13.3 Å². The fourth-order valence-electron chi connectivity index (χ4n) is 1.62. The number of aryl methyl sites for hydroxylation is 1. The lowest BCUT2D eigenvalue weighted by Crippen LogP contribution is -2.31. The molecule has 1 aromatic heterocycles. The van der Waals surface area contributed by atoms with Gasteiger partial charge in [-0.2, -0.15) is 4.98 Å². The molecule has 1 heterocycles. The Morgan fingerprint density at radius 2 is 2.05 bits per heavy atom. The van der Waals surface area contributed by atoms with Crippen molar-refractivity contribution in [3.63, 3.8) is 0 Å². The lowest BCUT2D eigenvalue weighted by atomic mass is 10.4. The molecule has 0 amide bonds. The van der Waals surface area contributed by atoms with E-state index in [4.69, 9.17) is 9.47 Å². The molecule has 1 aromatic rings. The summed E-state index contributed by atoms with van der Waals surface area (Å²) >= 11 is 0. The van der Waals surface area contributed by atoms with Crippen molar-refractivity contribution in [3.05, 3.63) is 11.8 Å². The fraction of sp³-hybridized carbons (Fsp3) is 0.714. The highest BCUT2D eigenvalue weighted by Crippen LogP contribution is 2.14. The molecule has 0 aliphatic carbocycles. The quantitative estimate of drug-likeness (QED) is 0.652. The van der Waals surface area contributed by atoms with E-state index < -0.39 is 0 Å². The number of hydrogen-bond donors (Lipinski definition) is 1. The van der Waals surface area contributed by atoms with E-state index in [-0.39, 0.29) is 0 Å². The van der Waals surface area contributed by atoms with Gasteiger partial charge in [0.2, 0.25) is 11.8 Å². The Bertz CT molecular complexity index is 387. The normalized spacial score (nSPS) is 10.6. The molecule has 0 spiro atoms. The highest BCUT2D eigenvalue weighted by Gasteiger charge is 2.07. The number of likely N-dealkylation sites (N-methyl/N-ethyl adjacent to an activating group) is 1. The van der Waals surface area contributed by atoms with Crippen molar-refractivity contribution in [1.82, 2.24) is 15.3 Å². The van der Waals surface area contributed by atoms with Gasteiger partial charge in [0.25, 0.3) is 0 Å². The molecule has 0 fully saturated rings. The van der Waals surface area contributed by atoms with Crippen molar-refractivity contribution in [2.75, 3.05) is 51.9 Å². The SMILES string of the molecule is CCCOc1cc(C)nc(N(C)CCNCCOC)n1. The van der Waals surface area contributed by atoms with Crippen LogP contribution in [0.1, 0.15) is 19.0 Å². The first-order valence-electron chi connectivity index (χ1n) is 7.06. The van der Waals surface area contributed by atoms with E-state index in [2.05, 4.69) is 22.2 Å². The van der Waals surface area contributed by atoms with Gasteiger partial charge < -0.3 is 19.7 Å². The molecule has 0 aromatic carbocycles. The molecular weight excluding hydrogens is 256 g/mol. The van der Waals surface area contributed by atoms with Crippen LogP contribution in [0.3, 0.4) is 0 Å². The molecule has 0 bridgehead atoms. The average molecular weight is 282 g/mol. The lowest BCUT2D eigenvalue weighted by Gasteiger charge is -2.18. The lowest BCUT2D eigenvalue weighted by molar-refractivity contribution is 0.200. The van der Waals surface area contributed by atoms with Crippen LogP contribution < -0.4 is 15.0 Å². The maximum absolute atomic E-state index is 5.57. The largest absolute Gasteiger partial charge is 0.478 e. The van der Waals surface area contributed by atoms with Gasteiger partial charge in [-0.25, -0.2) is 4.98 Å². The molecule has 0 atom stereocenters. The molecular formula is C14H26N4O2. The van der Waals surface area contributed by atoms with Crippen molar-refractivity contribution in [2.24, 2.45) is 0 Å². The molecule has 114 valence electrons. The zero-order valence-electron chi connectivity index (χ0n) is 13.0. The molecule has 0 aliphatic heterocycles. The summed E-state index contributed by atoms with van der Waals surface area (Å²) in [5, 5.41) is 3.30. The second-order valence-electron chi connectivity index (χ2n) is 4.66. The van der Waals surface area contributed by atoms with Gasteiger partial charge in [0.1, 0.15) is 0 Å². The van der Waals surface area contributed by atoms with Crippen LogP contribution in [-0.4, -0.2) is 57.0 Å². The average Bonchev–Trinajstić information content (AvgIpc) is 2.44. The topological polar surface area (TPSA) is 59.5 Å². The summed E-state index contributed by atoms with van der Waals surface area (Å²) in [4.78, 5) is 10.9. The van der Waals surface area contributed by atoms with Crippen LogP contribution >= 0.6 is 0 Å². The Labute approximate surface area is 121 Å². The van der Waals surface area contributed by atoms with Crippen molar-refractivity contribution in [1.29, 1.82) is 0 Å². The smallest absolute Gasteiger partial charge is 0.228 e.